The number of carbonyl (C=O) groups is 2. The van der Waals surface area contributed by atoms with E-state index in [1.807, 2.05) is 5.32 Å². The van der Waals surface area contributed by atoms with Crippen molar-refractivity contribution in [3.63, 3.8) is 0 Å². The number of rotatable bonds is 2. The average molecular weight is 157 g/mol. The molecule has 0 bridgehead atoms. The van der Waals surface area contributed by atoms with Crippen LogP contribution in [-0.2, 0) is 19.1 Å². The van der Waals surface area contributed by atoms with E-state index in [4.69, 9.17) is 0 Å². The van der Waals surface area contributed by atoms with E-state index < -0.39 is 11.8 Å². The van der Waals surface area contributed by atoms with Crippen LogP contribution >= 0.6 is 0 Å². The van der Waals surface area contributed by atoms with E-state index in [-0.39, 0.29) is 11.5 Å². The Bertz CT molecular complexity index is 219. The Hall–Kier alpha value is -1.52. The second-order valence-electron chi connectivity index (χ2n) is 1.85. The van der Waals surface area contributed by atoms with Gasteiger partial charge < -0.3 is 9.47 Å². The summed E-state index contributed by atoms with van der Waals surface area (Å²) in [6, 6.07) is 0. The van der Waals surface area contributed by atoms with Crippen molar-refractivity contribution in [3.8, 4) is 0 Å². The summed E-state index contributed by atoms with van der Waals surface area (Å²) in [4.78, 5) is 21.6. The number of hydrogen-bond acceptors (Lipinski definition) is 4. The van der Waals surface area contributed by atoms with Crippen molar-refractivity contribution in [1.82, 2.24) is 5.32 Å². The second kappa shape index (κ2) is 2.61. The molecular weight excluding hydrogens is 150 g/mol. The van der Waals surface area contributed by atoms with Crippen LogP contribution in [0, 0.1) is 0 Å². The van der Waals surface area contributed by atoms with Crippen LogP contribution < -0.4 is 5.32 Å². The first-order valence-electron chi connectivity index (χ1n) is 2.88. The van der Waals surface area contributed by atoms with Gasteiger partial charge in [-0.3, -0.25) is 14.9 Å². The highest BCUT2D eigenvalue weighted by Gasteiger charge is 2.32. The summed E-state index contributed by atoms with van der Waals surface area (Å²) >= 11 is 0. The summed E-state index contributed by atoms with van der Waals surface area (Å²) in [6.07, 6.45) is 0. The van der Waals surface area contributed by atoms with Crippen LogP contribution in [-0.4, -0.2) is 26.0 Å². The Morgan fingerprint density at radius 3 is 1.64 bits per heavy atom. The molecule has 0 saturated carbocycles. The minimum atomic E-state index is -0.561. The summed E-state index contributed by atoms with van der Waals surface area (Å²) in [5, 5.41) is 2.02. The van der Waals surface area contributed by atoms with E-state index in [1.54, 1.807) is 0 Å². The van der Waals surface area contributed by atoms with Gasteiger partial charge in [-0.15, -0.1) is 0 Å². The fourth-order valence-corrected chi connectivity index (χ4v) is 0.794. The van der Waals surface area contributed by atoms with Crippen LogP contribution in [0.4, 0.5) is 0 Å². The van der Waals surface area contributed by atoms with Gasteiger partial charge in [0.2, 0.25) is 11.5 Å². The lowest BCUT2D eigenvalue weighted by molar-refractivity contribution is -0.126. The molecule has 0 saturated heterocycles. The Labute approximate surface area is 63.0 Å². The lowest BCUT2D eigenvalue weighted by atomic mass is 10.4. The predicted molar refractivity (Wildman–Crippen MR) is 34.2 cm³/mol. The molecule has 1 aliphatic rings. The van der Waals surface area contributed by atoms with Crippen LogP contribution in [0.2, 0.25) is 0 Å². The van der Waals surface area contributed by atoms with E-state index in [0.717, 1.165) is 0 Å². The largest absolute Gasteiger partial charge is 0.488 e. The zero-order valence-corrected chi connectivity index (χ0v) is 6.13. The Balaban J connectivity index is 3.02. The lowest BCUT2D eigenvalue weighted by Crippen LogP contribution is -2.23. The van der Waals surface area contributed by atoms with E-state index in [2.05, 4.69) is 9.47 Å². The van der Waals surface area contributed by atoms with Crippen LogP contribution in [0.25, 0.3) is 0 Å². The number of amides is 2. The minimum Gasteiger partial charge on any atom is -0.488 e. The molecule has 1 rings (SSSR count). The van der Waals surface area contributed by atoms with Crippen molar-refractivity contribution >= 4 is 11.8 Å². The molecule has 0 unspecified atom stereocenters. The molecule has 2 amide bonds. The molecule has 0 aromatic rings. The third-order valence-electron chi connectivity index (χ3n) is 1.25. The normalized spacial score (nSPS) is 16.9. The summed E-state index contributed by atoms with van der Waals surface area (Å²) < 4.78 is 9.24. The summed E-state index contributed by atoms with van der Waals surface area (Å²) in [5.41, 5.74) is 0. The van der Waals surface area contributed by atoms with Crippen LogP contribution in [0.5, 0.6) is 0 Å². The topological polar surface area (TPSA) is 64.6 Å². The molecule has 0 atom stereocenters. The molecule has 0 aromatic carbocycles. The average Bonchev–Trinajstić information content (AvgIpc) is 2.24. The van der Waals surface area contributed by atoms with Crippen LogP contribution in [0.15, 0.2) is 11.5 Å². The zero-order valence-electron chi connectivity index (χ0n) is 6.13. The highest BCUT2D eigenvalue weighted by molar-refractivity contribution is 6.17. The summed E-state index contributed by atoms with van der Waals surface area (Å²) in [6.45, 7) is 0. The minimum absolute atomic E-state index is 0.0718. The first-order chi connectivity index (χ1) is 5.20. The molecule has 11 heavy (non-hydrogen) atoms. The number of methoxy groups -OCH3 is 2. The maximum Gasteiger partial charge on any atom is 0.297 e. The molecule has 0 aliphatic carbocycles. The second-order valence-corrected chi connectivity index (χ2v) is 1.85. The molecule has 0 radical (unpaired) electrons. The van der Waals surface area contributed by atoms with Crippen molar-refractivity contribution in [2.45, 2.75) is 0 Å². The Morgan fingerprint density at radius 1 is 1.00 bits per heavy atom. The molecule has 60 valence electrons. The quantitative estimate of drug-likeness (QED) is 0.530. The highest BCUT2D eigenvalue weighted by atomic mass is 16.5. The van der Waals surface area contributed by atoms with Gasteiger partial charge in [0.25, 0.3) is 11.8 Å². The number of hydrogen-bond donors (Lipinski definition) is 1. The standard InChI is InChI=1S/C6H7NO4/c1-10-3-4(11-2)6(9)7-5(3)8/h1-2H3,(H,7,8,9). The number of nitrogens with one attached hydrogen (secondary N) is 1. The molecule has 1 heterocycles. The SMILES string of the molecule is COC1=C(OC)C(=O)NC1=O. The van der Waals surface area contributed by atoms with Gasteiger partial charge in [0.15, 0.2) is 0 Å². The van der Waals surface area contributed by atoms with Crippen LogP contribution in [0.1, 0.15) is 0 Å². The Morgan fingerprint density at radius 2 is 1.36 bits per heavy atom. The zero-order chi connectivity index (χ0) is 8.43. The van der Waals surface area contributed by atoms with Gasteiger partial charge in [0.1, 0.15) is 0 Å². The van der Waals surface area contributed by atoms with Crippen molar-refractivity contribution < 1.29 is 19.1 Å². The number of imide groups is 1. The molecule has 5 heteroatoms. The number of ether oxygens (including phenoxy) is 2. The van der Waals surface area contributed by atoms with Gasteiger partial charge in [0.05, 0.1) is 14.2 Å². The lowest BCUT2D eigenvalue weighted by Gasteiger charge is -1.98. The molecular formula is C6H7NO4. The molecule has 0 aromatic heterocycles. The maximum absolute atomic E-state index is 10.8. The fraction of sp³-hybridized carbons (Fsp3) is 0.333. The highest BCUT2D eigenvalue weighted by Crippen LogP contribution is 2.12. The number of carbonyl (C=O) groups excluding carboxylic acids is 2. The maximum atomic E-state index is 10.8. The molecule has 1 aliphatic heterocycles. The fourth-order valence-electron chi connectivity index (χ4n) is 0.794. The monoisotopic (exact) mass is 157 g/mol. The smallest absolute Gasteiger partial charge is 0.297 e. The van der Waals surface area contributed by atoms with Crippen molar-refractivity contribution in [2.24, 2.45) is 0 Å². The summed E-state index contributed by atoms with van der Waals surface area (Å²) in [5.74, 6) is -1.27. The van der Waals surface area contributed by atoms with E-state index >= 15 is 0 Å². The van der Waals surface area contributed by atoms with E-state index in [1.165, 1.54) is 14.2 Å². The van der Waals surface area contributed by atoms with Gasteiger partial charge in [-0.05, 0) is 0 Å². The molecule has 5 nitrogen and oxygen atoms in total. The molecule has 0 fully saturated rings. The first kappa shape index (κ1) is 7.59. The predicted octanol–water partition coefficient (Wildman–Crippen LogP) is -0.853. The van der Waals surface area contributed by atoms with Gasteiger partial charge in [-0.25, -0.2) is 0 Å². The third-order valence-corrected chi connectivity index (χ3v) is 1.25. The molecule has 0 spiro atoms. The van der Waals surface area contributed by atoms with E-state index in [9.17, 15) is 9.59 Å². The van der Waals surface area contributed by atoms with Gasteiger partial charge in [0, 0.05) is 0 Å². The van der Waals surface area contributed by atoms with Crippen LogP contribution in [0.3, 0.4) is 0 Å². The van der Waals surface area contributed by atoms with Gasteiger partial charge in [-0.1, -0.05) is 0 Å². The van der Waals surface area contributed by atoms with Gasteiger partial charge in [-0.2, -0.15) is 0 Å². The van der Waals surface area contributed by atoms with Crippen molar-refractivity contribution in [1.29, 1.82) is 0 Å². The van der Waals surface area contributed by atoms with Crippen molar-refractivity contribution in [2.75, 3.05) is 14.2 Å². The van der Waals surface area contributed by atoms with Crippen molar-refractivity contribution in [3.05, 3.63) is 11.5 Å². The summed E-state index contributed by atoms with van der Waals surface area (Å²) in [7, 11) is 2.60. The van der Waals surface area contributed by atoms with Gasteiger partial charge >= 0.3 is 0 Å². The van der Waals surface area contributed by atoms with E-state index in [0.29, 0.717) is 0 Å². The first-order valence-corrected chi connectivity index (χ1v) is 2.88. The Kier molecular flexibility index (Phi) is 1.80. The third kappa shape index (κ3) is 1.04. The molecule has 1 N–H and O–H groups in total.